The molecule has 0 atom stereocenters. The molecule has 0 radical (unpaired) electrons. The number of halogens is 1. The highest BCUT2D eigenvalue weighted by molar-refractivity contribution is 9.10. The number of aromatic nitrogens is 2. The van der Waals surface area contributed by atoms with Gasteiger partial charge in [0.25, 0.3) is 0 Å². The van der Waals surface area contributed by atoms with Crippen molar-refractivity contribution in [2.24, 2.45) is 0 Å². The van der Waals surface area contributed by atoms with Gasteiger partial charge in [0, 0.05) is 18.3 Å². The Morgan fingerprint density at radius 2 is 2.15 bits per heavy atom. The zero-order valence-electron chi connectivity index (χ0n) is 11.4. The van der Waals surface area contributed by atoms with Crippen molar-refractivity contribution in [3.05, 3.63) is 28.9 Å². The second kappa shape index (κ2) is 6.56. The number of ether oxygens (including phenoxy) is 1. The molecule has 1 aromatic heterocycles. The molecule has 106 valence electrons. The van der Waals surface area contributed by atoms with Crippen molar-refractivity contribution < 1.29 is 9.84 Å². The summed E-state index contributed by atoms with van der Waals surface area (Å²) in [5.74, 6) is 1.86. The van der Waals surface area contributed by atoms with Crippen molar-refractivity contribution in [1.82, 2.24) is 9.97 Å². The Morgan fingerprint density at radius 1 is 1.35 bits per heavy atom. The highest BCUT2D eigenvalue weighted by Crippen LogP contribution is 2.31. The normalized spacial score (nSPS) is 10.3. The van der Waals surface area contributed by atoms with E-state index < -0.39 is 0 Å². The topological polar surface area (TPSA) is 67.3 Å². The van der Waals surface area contributed by atoms with Gasteiger partial charge in [-0.25, -0.2) is 9.97 Å². The first-order valence-corrected chi connectivity index (χ1v) is 7.17. The van der Waals surface area contributed by atoms with E-state index in [0.29, 0.717) is 18.2 Å². The minimum atomic E-state index is 0.111. The van der Waals surface area contributed by atoms with Crippen molar-refractivity contribution in [2.75, 3.05) is 18.5 Å². The molecule has 2 rings (SSSR count). The molecule has 0 saturated heterocycles. The van der Waals surface area contributed by atoms with Crippen LogP contribution in [-0.2, 0) is 0 Å². The number of nitrogens with zero attached hydrogens (tertiary/aromatic N) is 2. The number of benzene rings is 1. The maximum Gasteiger partial charge on any atom is 0.161 e. The second-order valence-corrected chi connectivity index (χ2v) is 4.89. The van der Waals surface area contributed by atoms with Crippen LogP contribution in [0.1, 0.15) is 13.8 Å². The summed E-state index contributed by atoms with van der Waals surface area (Å²) in [6.07, 6.45) is 1.70. The van der Waals surface area contributed by atoms with Gasteiger partial charge in [-0.05, 0) is 48.0 Å². The fraction of sp³-hybridized carbons (Fsp3) is 0.286. The Kier molecular flexibility index (Phi) is 4.79. The molecule has 1 aromatic carbocycles. The Morgan fingerprint density at radius 3 is 2.85 bits per heavy atom. The van der Waals surface area contributed by atoms with Crippen molar-refractivity contribution in [2.45, 2.75) is 13.8 Å². The third-order valence-electron chi connectivity index (χ3n) is 2.61. The number of phenolic OH excluding ortho intramolecular Hbond substituents is 1. The molecule has 0 aliphatic heterocycles. The molecule has 0 fully saturated rings. The van der Waals surface area contributed by atoms with Crippen LogP contribution in [0.5, 0.6) is 11.5 Å². The summed E-state index contributed by atoms with van der Waals surface area (Å²) in [6.45, 7) is 5.13. The molecule has 1 heterocycles. The predicted octanol–water partition coefficient (Wildman–Crippen LogP) is 3.44. The van der Waals surface area contributed by atoms with Gasteiger partial charge in [0.1, 0.15) is 5.82 Å². The minimum Gasteiger partial charge on any atom is -0.504 e. The molecule has 2 N–H and O–H groups in total. The zero-order chi connectivity index (χ0) is 14.5. The zero-order valence-corrected chi connectivity index (χ0v) is 12.9. The first-order valence-electron chi connectivity index (χ1n) is 6.38. The summed E-state index contributed by atoms with van der Waals surface area (Å²) in [4.78, 5) is 8.74. The van der Waals surface area contributed by atoms with Gasteiger partial charge in [0.15, 0.2) is 17.3 Å². The fourth-order valence-electron chi connectivity index (χ4n) is 1.72. The molecule has 6 heteroatoms. The molecule has 2 aromatic rings. The van der Waals surface area contributed by atoms with Gasteiger partial charge in [-0.1, -0.05) is 0 Å². The van der Waals surface area contributed by atoms with Crippen molar-refractivity contribution >= 4 is 21.7 Å². The van der Waals surface area contributed by atoms with Crippen molar-refractivity contribution in [3.63, 3.8) is 0 Å². The lowest BCUT2D eigenvalue weighted by molar-refractivity contribution is 0.318. The van der Waals surface area contributed by atoms with Crippen LogP contribution in [0.25, 0.3) is 11.4 Å². The molecule has 20 heavy (non-hydrogen) atoms. The number of rotatable bonds is 5. The smallest absolute Gasteiger partial charge is 0.161 e. The Labute approximate surface area is 126 Å². The largest absolute Gasteiger partial charge is 0.504 e. The van der Waals surface area contributed by atoms with Gasteiger partial charge in [-0.3, -0.25) is 0 Å². The standard InChI is InChI=1S/C14H16BrN3O2/c1-3-16-14-10(15)8-17-13(18-14)9-5-6-11(19)12(7-9)20-4-2/h5-8,19H,3-4H2,1-2H3,(H,16,17,18). The Balaban J connectivity index is 2.40. The second-order valence-electron chi connectivity index (χ2n) is 4.04. The van der Waals surface area contributed by atoms with Crippen LogP contribution >= 0.6 is 15.9 Å². The average Bonchev–Trinajstić information content (AvgIpc) is 2.44. The lowest BCUT2D eigenvalue weighted by Gasteiger charge is -2.09. The van der Waals surface area contributed by atoms with Crippen molar-refractivity contribution in [1.29, 1.82) is 0 Å². The van der Waals surface area contributed by atoms with Crippen LogP contribution in [0.2, 0.25) is 0 Å². The highest BCUT2D eigenvalue weighted by atomic mass is 79.9. The summed E-state index contributed by atoms with van der Waals surface area (Å²) >= 11 is 3.40. The average molecular weight is 338 g/mol. The van der Waals surface area contributed by atoms with Gasteiger partial charge in [0.05, 0.1) is 11.1 Å². The number of aromatic hydroxyl groups is 1. The van der Waals surface area contributed by atoms with Crippen LogP contribution in [0.15, 0.2) is 28.9 Å². The lowest BCUT2D eigenvalue weighted by Crippen LogP contribution is -2.02. The molecule has 0 aliphatic carbocycles. The van der Waals surface area contributed by atoms with E-state index in [1.807, 2.05) is 13.8 Å². The van der Waals surface area contributed by atoms with E-state index in [2.05, 4.69) is 31.2 Å². The number of phenols is 1. The summed E-state index contributed by atoms with van der Waals surface area (Å²) in [5, 5.41) is 12.9. The molecule has 0 amide bonds. The van der Waals surface area contributed by atoms with Gasteiger partial charge < -0.3 is 15.2 Å². The van der Waals surface area contributed by atoms with E-state index >= 15 is 0 Å². The van der Waals surface area contributed by atoms with Crippen molar-refractivity contribution in [3.8, 4) is 22.9 Å². The van der Waals surface area contributed by atoms with Gasteiger partial charge in [0.2, 0.25) is 0 Å². The van der Waals surface area contributed by atoms with Crippen LogP contribution < -0.4 is 10.1 Å². The fourth-order valence-corrected chi connectivity index (χ4v) is 2.05. The van der Waals surface area contributed by atoms with Crippen LogP contribution in [0.3, 0.4) is 0 Å². The minimum absolute atomic E-state index is 0.111. The highest BCUT2D eigenvalue weighted by Gasteiger charge is 2.10. The number of nitrogens with one attached hydrogen (secondary N) is 1. The third kappa shape index (κ3) is 3.19. The maximum absolute atomic E-state index is 9.71. The maximum atomic E-state index is 9.71. The van der Waals surface area contributed by atoms with Gasteiger partial charge in [-0.2, -0.15) is 0 Å². The number of anilines is 1. The molecule has 0 saturated carbocycles. The molecule has 0 spiro atoms. The molecule has 5 nitrogen and oxygen atoms in total. The van der Waals surface area contributed by atoms with Crippen LogP contribution in [-0.4, -0.2) is 28.2 Å². The monoisotopic (exact) mass is 337 g/mol. The molecular weight excluding hydrogens is 322 g/mol. The molecule has 0 unspecified atom stereocenters. The van der Waals surface area contributed by atoms with E-state index in [1.165, 1.54) is 0 Å². The van der Waals surface area contributed by atoms with E-state index in [9.17, 15) is 5.11 Å². The van der Waals surface area contributed by atoms with Gasteiger partial charge in [-0.15, -0.1) is 0 Å². The van der Waals surface area contributed by atoms with Crippen LogP contribution in [0, 0.1) is 0 Å². The van der Waals surface area contributed by atoms with Crippen LogP contribution in [0.4, 0.5) is 5.82 Å². The Hall–Kier alpha value is -1.82. The number of hydrogen-bond acceptors (Lipinski definition) is 5. The summed E-state index contributed by atoms with van der Waals surface area (Å²) in [6, 6.07) is 5.08. The third-order valence-corrected chi connectivity index (χ3v) is 3.19. The quantitative estimate of drug-likeness (QED) is 0.874. The van der Waals surface area contributed by atoms with E-state index in [0.717, 1.165) is 22.4 Å². The van der Waals surface area contributed by atoms with Gasteiger partial charge >= 0.3 is 0 Å². The predicted molar refractivity (Wildman–Crippen MR) is 82.2 cm³/mol. The molecule has 0 aliphatic rings. The molecule has 0 bridgehead atoms. The lowest BCUT2D eigenvalue weighted by atomic mass is 10.2. The SMILES string of the molecule is CCNc1nc(-c2ccc(O)c(OCC)c2)ncc1Br. The first kappa shape index (κ1) is 14.6. The summed E-state index contributed by atoms with van der Waals surface area (Å²) in [7, 11) is 0. The Bertz CT molecular complexity index is 551. The molecular formula is C14H16BrN3O2. The van der Waals surface area contributed by atoms with E-state index in [-0.39, 0.29) is 5.75 Å². The summed E-state index contributed by atoms with van der Waals surface area (Å²) < 4.78 is 6.18. The van der Waals surface area contributed by atoms with E-state index in [1.54, 1.807) is 24.4 Å². The number of hydrogen-bond donors (Lipinski definition) is 2. The van der Waals surface area contributed by atoms with E-state index in [4.69, 9.17) is 4.74 Å². The first-order chi connectivity index (χ1) is 9.65. The summed E-state index contributed by atoms with van der Waals surface area (Å²) in [5.41, 5.74) is 0.790.